The topological polar surface area (TPSA) is 56.2 Å². The van der Waals surface area contributed by atoms with Gasteiger partial charge in [-0.3, -0.25) is 4.79 Å². The van der Waals surface area contributed by atoms with Crippen molar-refractivity contribution in [2.24, 2.45) is 11.3 Å². The van der Waals surface area contributed by atoms with Gasteiger partial charge in [-0.05, 0) is 43.2 Å². The standard InChI is InChI=1S/C19H23N3O2/c1-19(2)16(15-5-3-12-24-17(15)19)21-18(23)13-6-8-14(9-7-13)22-11-4-10-20-22/h4,6-11,15-17H,3,5,12H2,1-2H3,(H,21,23)/t15-,16+,17-/m0/s1. The van der Waals surface area contributed by atoms with Gasteiger partial charge in [0.1, 0.15) is 0 Å². The SMILES string of the molecule is CC1(C)[C@H](NC(=O)c2ccc(-n3cccn3)cc2)[C@@H]2CCCO[C@@H]21. The summed E-state index contributed by atoms with van der Waals surface area (Å²) in [5.41, 5.74) is 1.62. The molecule has 1 aromatic carbocycles. The summed E-state index contributed by atoms with van der Waals surface area (Å²) in [6, 6.07) is 9.60. The number of fused-ring (bicyclic) bond motifs is 1. The van der Waals surface area contributed by atoms with E-state index in [4.69, 9.17) is 4.74 Å². The lowest BCUT2D eigenvalue weighted by Gasteiger charge is -2.59. The lowest BCUT2D eigenvalue weighted by Crippen LogP contribution is -2.70. The molecule has 1 aliphatic carbocycles. The Labute approximate surface area is 142 Å². The summed E-state index contributed by atoms with van der Waals surface area (Å²) < 4.78 is 7.68. The highest BCUT2D eigenvalue weighted by Gasteiger charge is 2.58. The van der Waals surface area contributed by atoms with E-state index in [0.29, 0.717) is 11.5 Å². The molecule has 2 fully saturated rings. The van der Waals surface area contributed by atoms with Gasteiger partial charge >= 0.3 is 0 Å². The Morgan fingerprint density at radius 1 is 1.33 bits per heavy atom. The summed E-state index contributed by atoms with van der Waals surface area (Å²) in [5, 5.41) is 7.43. The first-order valence-corrected chi connectivity index (χ1v) is 8.60. The van der Waals surface area contributed by atoms with Crippen molar-refractivity contribution in [3.05, 3.63) is 48.3 Å². The van der Waals surface area contributed by atoms with Crippen LogP contribution in [-0.4, -0.2) is 34.4 Å². The number of benzene rings is 1. The van der Waals surface area contributed by atoms with E-state index in [1.165, 1.54) is 0 Å². The van der Waals surface area contributed by atoms with Crippen LogP contribution in [0.15, 0.2) is 42.7 Å². The van der Waals surface area contributed by atoms with Crippen molar-refractivity contribution in [3.8, 4) is 5.69 Å². The van der Waals surface area contributed by atoms with E-state index in [-0.39, 0.29) is 23.5 Å². The summed E-state index contributed by atoms with van der Waals surface area (Å²) in [7, 11) is 0. The molecule has 0 radical (unpaired) electrons. The number of carbonyl (C=O) groups excluding carboxylic acids is 1. The molecule has 2 heterocycles. The van der Waals surface area contributed by atoms with Gasteiger partial charge in [0.05, 0.1) is 11.8 Å². The third kappa shape index (κ3) is 2.44. The number of hydrogen-bond donors (Lipinski definition) is 1. The maximum absolute atomic E-state index is 12.6. The van der Waals surface area contributed by atoms with Crippen LogP contribution in [-0.2, 0) is 4.74 Å². The van der Waals surface area contributed by atoms with Gasteiger partial charge in [-0.1, -0.05) is 13.8 Å². The van der Waals surface area contributed by atoms with Gasteiger partial charge in [0.25, 0.3) is 5.91 Å². The monoisotopic (exact) mass is 325 g/mol. The van der Waals surface area contributed by atoms with E-state index in [2.05, 4.69) is 24.3 Å². The molecule has 0 unspecified atom stereocenters. The van der Waals surface area contributed by atoms with Gasteiger partial charge in [0.2, 0.25) is 0 Å². The van der Waals surface area contributed by atoms with Crippen molar-refractivity contribution in [1.82, 2.24) is 15.1 Å². The molecule has 2 aliphatic rings. The van der Waals surface area contributed by atoms with Crippen LogP contribution < -0.4 is 5.32 Å². The Kier molecular flexibility index (Phi) is 3.68. The van der Waals surface area contributed by atoms with E-state index < -0.39 is 0 Å². The van der Waals surface area contributed by atoms with Gasteiger partial charge in [0.15, 0.2) is 0 Å². The Bertz CT molecular complexity index is 722. The molecule has 1 N–H and O–H groups in total. The number of carbonyl (C=O) groups is 1. The summed E-state index contributed by atoms with van der Waals surface area (Å²) in [5.74, 6) is 0.435. The van der Waals surface area contributed by atoms with Gasteiger partial charge in [-0.25, -0.2) is 4.68 Å². The predicted molar refractivity (Wildman–Crippen MR) is 91.1 cm³/mol. The minimum absolute atomic E-state index is 0.00422. The zero-order valence-electron chi connectivity index (χ0n) is 14.1. The van der Waals surface area contributed by atoms with Gasteiger partial charge in [-0.2, -0.15) is 5.10 Å². The molecule has 1 aromatic heterocycles. The zero-order chi connectivity index (χ0) is 16.7. The fourth-order valence-electron chi connectivity index (χ4n) is 4.23. The lowest BCUT2D eigenvalue weighted by atomic mass is 9.55. The highest BCUT2D eigenvalue weighted by atomic mass is 16.5. The molecular formula is C19H23N3O2. The third-order valence-corrected chi connectivity index (χ3v) is 5.52. The average molecular weight is 325 g/mol. The number of hydrogen-bond acceptors (Lipinski definition) is 3. The van der Waals surface area contributed by atoms with Crippen molar-refractivity contribution < 1.29 is 9.53 Å². The second-order valence-corrected chi connectivity index (χ2v) is 7.37. The van der Waals surface area contributed by atoms with E-state index >= 15 is 0 Å². The normalized spacial score (nSPS) is 27.8. The number of aromatic nitrogens is 2. The molecule has 5 heteroatoms. The van der Waals surface area contributed by atoms with Crippen LogP contribution in [0.1, 0.15) is 37.0 Å². The molecule has 1 saturated carbocycles. The highest BCUT2D eigenvalue weighted by Crippen LogP contribution is 2.51. The number of amides is 1. The van der Waals surface area contributed by atoms with Crippen molar-refractivity contribution in [2.45, 2.75) is 38.8 Å². The van der Waals surface area contributed by atoms with Crippen LogP contribution >= 0.6 is 0 Å². The minimum atomic E-state index is -0.0101. The van der Waals surface area contributed by atoms with E-state index in [1.807, 2.05) is 36.5 Å². The van der Waals surface area contributed by atoms with E-state index in [1.54, 1.807) is 10.9 Å². The van der Waals surface area contributed by atoms with Crippen LogP contribution in [0.25, 0.3) is 5.69 Å². The number of ether oxygens (including phenoxy) is 1. The summed E-state index contributed by atoms with van der Waals surface area (Å²) >= 11 is 0. The predicted octanol–water partition coefficient (Wildman–Crippen LogP) is 2.81. The summed E-state index contributed by atoms with van der Waals surface area (Å²) in [6.45, 7) is 5.22. The van der Waals surface area contributed by atoms with Gasteiger partial charge < -0.3 is 10.1 Å². The van der Waals surface area contributed by atoms with Crippen molar-refractivity contribution in [1.29, 1.82) is 0 Å². The second-order valence-electron chi connectivity index (χ2n) is 7.37. The van der Waals surface area contributed by atoms with E-state index in [9.17, 15) is 4.79 Å². The van der Waals surface area contributed by atoms with Crippen molar-refractivity contribution in [2.75, 3.05) is 6.61 Å². The fraction of sp³-hybridized carbons (Fsp3) is 0.474. The third-order valence-electron chi connectivity index (χ3n) is 5.52. The van der Waals surface area contributed by atoms with Crippen molar-refractivity contribution >= 4 is 5.91 Å². The van der Waals surface area contributed by atoms with Crippen LogP contribution in [0.3, 0.4) is 0 Å². The molecule has 2 aromatic rings. The van der Waals surface area contributed by atoms with E-state index in [0.717, 1.165) is 25.1 Å². The molecule has 24 heavy (non-hydrogen) atoms. The number of nitrogens with one attached hydrogen (secondary N) is 1. The fourth-order valence-corrected chi connectivity index (χ4v) is 4.23. The molecule has 1 saturated heterocycles. The summed E-state index contributed by atoms with van der Waals surface area (Å²) in [6.07, 6.45) is 6.12. The molecule has 1 amide bonds. The quantitative estimate of drug-likeness (QED) is 0.944. The van der Waals surface area contributed by atoms with Crippen LogP contribution in [0.5, 0.6) is 0 Å². The molecule has 3 atom stereocenters. The average Bonchev–Trinajstić information content (AvgIpc) is 3.14. The zero-order valence-corrected chi connectivity index (χ0v) is 14.1. The van der Waals surface area contributed by atoms with Crippen LogP contribution in [0.4, 0.5) is 0 Å². The highest BCUT2D eigenvalue weighted by molar-refractivity contribution is 5.94. The lowest BCUT2D eigenvalue weighted by molar-refractivity contribution is -0.189. The minimum Gasteiger partial charge on any atom is -0.377 e. The molecule has 4 rings (SSSR count). The van der Waals surface area contributed by atoms with Crippen molar-refractivity contribution in [3.63, 3.8) is 0 Å². The Morgan fingerprint density at radius 3 is 2.83 bits per heavy atom. The maximum Gasteiger partial charge on any atom is 0.251 e. The Balaban J connectivity index is 1.46. The molecular weight excluding hydrogens is 302 g/mol. The first kappa shape index (κ1) is 15.4. The Morgan fingerprint density at radius 2 is 2.12 bits per heavy atom. The second kappa shape index (κ2) is 5.74. The maximum atomic E-state index is 12.6. The first-order chi connectivity index (χ1) is 11.6. The van der Waals surface area contributed by atoms with Crippen LogP contribution in [0.2, 0.25) is 0 Å². The first-order valence-electron chi connectivity index (χ1n) is 8.60. The van der Waals surface area contributed by atoms with Crippen LogP contribution in [0, 0.1) is 11.3 Å². The molecule has 0 bridgehead atoms. The smallest absolute Gasteiger partial charge is 0.251 e. The molecule has 126 valence electrons. The number of rotatable bonds is 3. The molecule has 1 aliphatic heterocycles. The number of nitrogens with zero attached hydrogens (tertiary/aromatic N) is 2. The molecule has 5 nitrogen and oxygen atoms in total. The van der Waals surface area contributed by atoms with Gasteiger partial charge in [0, 0.05) is 41.9 Å². The molecule has 0 spiro atoms. The summed E-state index contributed by atoms with van der Waals surface area (Å²) in [4.78, 5) is 12.6. The Hall–Kier alpha value is -2.14. The largest absolute Gasteiger partial charge is 0.377 e. The van der Waals surface area contributed by atoms with Gasteiger partial charge in [-0.15, -0.1) is 0 Å².